The number of anilines is 1. The molecule has 1 amide bonds. The van der Waals surface area contributed by atoms with E-state index in [0.717, 1.165) is 6.42 Å². The van der Waals surface area contributed by atoms with Gasteiger partial charge in [0.25, 0.3) is 5.91 Å². The van der Waals surface area contributed by atoms with Crippen LogP contribution in [0.1, 0.15) is 23.7 Å². The Morgan fingerprint density at radius 3 is 2.83 bits per heavy atom. The van der Waals surface area contributed by atoms with Gasteiger partial charge < -0.3 is 15.8 Å². The van der Waals surface area contributed by atoms with Crippen LogP contribution in [0.5, 0.6) is 0 Å². The molecule has 1 aromatic carbocycles. The zero-order valence-electron chi connectivity index (χ0n) is 9.98. The van der Waals surface area contributed by atoms with Gasteiger partial charge >= 0.3 is 0 Å². The number of nitrogen functional groups attached to an aromatic ring is 1. The van der Waals surface area contributed by atoms with Gasteiger partial charge in [-0.2, -0.15) is 0 Å². The maximum Gasteiger partial charge on any atom is 0.253 e. The number of benzene rings is 1. The molecule has 1 heterocycles. The SMILES string of the molecule is CC1OCCC1NC(=O)c1ccc(N)cc1Cl.Cl. The lowest BCUT2D eigenvalue weighted by Crippen LogP contribution is -2.39. The number of amides is 1. The largest absolute Gasteiger partial charge is 0.399 e. The standard InChI is InChI=1S/C12H15ClN2O2.ClH/c1-7-11(4-5-17-7)15-12(16)9-3-2-8(14)6-10(9)13;/h2-3,6-7,11H,4-5,14H2,1H3,(H,15,16);1H. The maximum atomic E-state index is 12.0. The minimum absolute atomic E-state index is 0. The van der Waals surface area contributed by atoms with Crippen LogP contribution >= 0.6 is 24.0 Å². The third-order valence-corrected chi connectivity index (χ3v) is 3.24. The van der Waals surface area contributed by atoms with Gasteiger partial charge in [0.05, 0.1) is 22.7 Å². The van der Waals surface area contributed by atoms with Crippen LogP contribution in [0, 0.1) is 0 Å². The minimum atomic E-state index is -0.183. The van der Waals surface area contributed by atoms with Gasteiger partial charge in [-0.25, -0.2) is 0 Å². The van der Waals surface area contributed by atoms with Crippen LogP contribution in [0.25, 0.3) is 0 Å². The van der Waals surface area contributed by atoms with Crippen LogP contribution in [-0.4, -0.2) is 24.7 Å². The highest BCUT2D eigenvalue weighted by atomic mass is 35.5. The Labute approximate surface area is 117 Å². The lowest BCUT2D eigenvalue weighted by molar-refractivity contribution is 0.0866. The Bertz CT molecular complexity index is 440. The van der Waals surface area contributed by atoms with Crippen LogP contribution in [0.4, 0.5) is 5.69 Å². The molecular weight excluding hydrogens is 275 g/mol. The molecule has 6 heteroatoms. The summed E-state index contributed by atoms with van der Waals surface area (Å²) in [5.41, 5.74) is 6.57. The normalized spacial score (nSPS) is 22.3. The second-order valence-corrected chi connectivity index (χ2v) is 4.59. The third kappa shape index (κ3) is 3.28. The van der Waals surface area contributed by atoms with Gasteiger partial charge in [-0.15, -0.1) is 12.4 Å². The number of hydrogen-bond acceptors (Lipinski definition) is 3. The second-order valence-electron chi connectivity index (χ2n) is 4.18. The van der Waals surface area contributed by atoms with Crippen LogP contribution in [-0.2, 0) is 4.74 Å². The van der Waals surface area contributed by atoms with Crippen LogP contribution in [0.15, 0.2) is 18.2 Å². The van der Waals surface area contributed by atoms with Crippen molar-refractivity contribution < 1.29 is 9.53 Å². The van der Waals surface area contributed by atoms with Crippen molar-refractivity contribution >= 4 is 35.6 Å². The van der Waals surface area contributed by atoms with Crippen molar-refractivity contribution in [3.63, 3.8) is 0 Å². The number of rotatable bonds is 2. The summed E-state index contributed by atoms with van der Waals surface area (Å²) in [6.07, 6.45) is 0.881. The van der Waals surface area contributed by atoms with E-state index in [-0.39, 0.29) is 30.5 Å². The molecule has 3 N–H and O–H groups in total. The summed E-state index contributed by atoms with van der Waals surface area (Å²) >= 11 is 5.97. The van der Waals surface area contributed by atoms with E-state index in [1.165, 1.54) is 0 Å². The number of carbonyl (C=O) groups excluding carboxylic acids is 1. The lowest BCUT2D eigenvalue weighted by atomic mass is 10.1. The van der Waals surface area contributed by atoms with E-state index < -0.39 is 0 Å². The van der Waals surface area contributed by atoms with Gasteiger partial charge in [-0.1, -0.05) is 11.6 Å². The Morgan fingerprint density at radius 1 is 1.56 bits per heavy atom. The van der Waals surface area contributed by atoms with Gasteiger partial charge in [-0.3, -0.25) is 4.79 Å². The molecular formula is C12H16Cl2N2O2. The number of nitrogens with two attached hydrogens (primary N) is 1. The summed E-state index contributed by atoms with van der Waals surface area (Å²) in [7, 11) is 0. The summed E-state index contributed by atoms with van der Waals surface area (Å²) in [4.78, 5) is 12.0. The number of carbonyl (C=O) groups is 1. The Kier molecular flexibility index (Phi) is 5.26. The average molecular weight is 291 g/mol. The molecule has 2 rings (SSSR count). The molecule has 0 radical (unpaired) electrons. The molecule has 0 saturated carbocycles. The highest BCUT2D eigenvalue weighted by Gasteiger charge is 2.26. The number of halogens is 2. The van der Waals surface area contributed by atoms with E-state index in [9.17, 15) is 4.79 Å². The molecule has 4 nitrogen and oxygen atoms in total. The van der Waals surface area contributed by atoms with Crippen LogP contribution in [0.3, 0.4) is 0 Å². The first-order valence-corrected chi connectivity index (χ1v) is 5.93. The summed E-state index contributed by atoms with van der Waals surface area (Å²) in [5, 5.41) is 3.29. The molecule has 1 aliphatic heterocycles. The fraction of sp³-hybridized carbons (Fsp3) is 0.417. The molecule has 1 saturated heterocycles. The van der Waals surface area contributed by atoms with Crippen molar-refractivity contribution in [3.05, 3.63) is 28.8 Å². The summed E-state index contributed by atoms with van der Waals surface area (Å²) < 4.78 is 5.38. The van der Waals surface area contributed by atoms with Gasteiger partial charge in [0.1, 0.15) is 0 Å². The summed E-state index contributed by atoms with van der Waals surface area (Å²) in [6.45, 7) is 2.63. The lowest BCUT2D eigenvalue weighted by Gasteiger charge is -2.16. The van der Waals surface area contributed by atoms with E-state index in [1.54, 1.807) is 18.2 Å². The fourth-order valence-electron chi connectivity index (χ4n) is 1.88. The minimum Gasteiger partial charge on any atom is -0.399 e. The van der Waals surface area contributed by atoms with Gasteiger partial charge in [0, 0.05) is 12.3 Å². The van der Waals surface area contributed by atoms with E-state index in [4.69, 9.17) is 22.1 Å². The van der Waals surface area contributed by atoms with Crippen molar-refractivity contribution in [2.75, 3.05) is 12.3 Å². The number of ether oxygens (including phenoxy) is 1. The molecule has 100 valence electrons. The molecule has 0 aliphatic carbocycles. The molecule has 0 spiro atoms. The highest BCUT2D eigenvalue weighted by molar-refractivity contribution is 6.34. The van der Waals surface area contributed by atoms with Crippen molar-refractivity contribution in [1.82, 2.24) is 5.32 Å². The van der Waals surface area contributed by atoms with E-state index in [0.29, 0.717) is 22.9 Å². The topological polar surface area (TPSA) is 64.3 Å². The average Bonchev–Trinajstić information content (AvgIpc) is 2.64. The molecule has 1 aromatic rings. The molecule has 0 bridgehead atoms. The maximum absolute atomic E-state index is 12.0. The van der Waals surface area contributed by atoms with Gasteiger partial charge in [-0.05, 0) is 31.5 Å². The Balaban J connectivity index is 0.00000162. The fourth-order valence-corrected chi connectivity index (χ4v) is 2.16. The highest BCUT2D eigenvalue weighted by Crippen LogP contribution is 2.20. The smallest absolute Gasteiger partial charge is 0.253 e. The second kappa shape index (κ2) is 6.27. The first-order valence-electron chi connectivity index (χ1n) is 5.55. The number of nitrogens with one attached hydrogen (secondary N) is 1. The van der Waals surface area contributed by atoms with Crippen molar-refractivity contribution in [1.29, 1.82) is 0 Å². The quantitative estimate of drug-likeness (QED) is 0.821. The predicted molar refractivity (Wildman–Crippen MR) is 74.4 cm³/mol. The monoisotopic (exact) mass is 290 g/mol. The summed E-state index contributed by atoms with van der Waals surface area (Å²) in [6, 6.07) is 4.92. The molecule has 2 atom stereocenters. The van der Waals surface area contributed by atoms with Crippen molar-refractivity contribution in [3.8, 4) is 0 Å². The predicted octanol–water partition coefficient (Wildman–Crippen LogP) is 2.25. The van der Waals surface area contributed by atoms with Gasteiger partial charge in [0.2, 0.25) is 0 Å². The van der Waals surface area contributed by atoms with Crippen LogP contribution < -0.4 is 11.1 Å². The van der Waals surface area contributed by atoms with E-state index in [2.05, 4.69) is 5.32 Å². The van der Waals surface area contributed by atoms with Crippen LogP contribution in [0.2, 0.25) is 5.02 Å². The molecule has 18 heavy (non-hydrogen) atoms. The summed E-state index contributed by atoms with van der Waals surface area (Å²) in [5.74, 6) is -0.183. The van der Waals surface area contributed by atoms with Crippen molar-refractivity contribution in [2.24, 2.45) is 0 Å². The Morgan fingerprint density at radius 2 is 2.28 bits per heavy atom. The first-order chi connectivity index (χ1) is 8.08. The first kappa shape index (κ1) is 15.1. The molecule has 2 unspecified atom stereocenters. The zero-order valence-corrected chi connectivity index (χ0v) is 11.6. The van der Waals surface area contributed by atoms with E-state index >= 15 is 0 Å². The number of hydrogen-bond donors (Lipinski definition) is 2. The molecule has 1 fully saturated rings. The Hall–Kier alpha value is -0.970. The van der Waals surface area contributed by atoms with Gasteiger partial charge in [0.15, 0.2) is 0 Å². The molecule has 1 aliphatic rings. The van der Waals surface area contributed by atoms with Crippen molar-refractivity contribution in [2.45, 2.75) is 25.5 Å². The third-order valence-electron chi connectivity index (χ3n) is 2.93. The van der Waals surface area contributed by atoms with E-state index in [1.807, 2.05) is 6.92 Å². The molecule has 0 aromatic heterocycles. The zero-order chi connectivity index (χ0) is 12.4.